The lowest BCUT2D eigenvalue weighted by molar-refractivity contribution is 0.651. The molecular formula is C13H15BrClN3. The third kappa shape index (κ3) is 2.60. The van der Waals surface area contributed by atoms with Gasteiger partial charge in [0, 0.05) is 16.7 Å². The van der Waals surface area contributed by atoms with Gasteiger partial charge in [0.15, 0.2) is 0 Å². The van der Waals surface area contributed by atoms with Gasteiger partial charge >= 0.3 is 0 Å². The molecule has 1 unspecified atom stereocenters. The number of aryl methyl sites for hydroxylation is 1. The summed E-state index contributed by atoms with van der Waals surface area (Å²) < 4.78 is 2.79. The SMILES string of the molecule is CNC(C)c1ccc(-n2cc(Cl)c(C)n2)c(Br)c1. The minimum atomic E-state index is 0.318. The third-order valence-electron chi connectivity index (χ3n) is 2.99. The molecule has 5 heteroatoms. The lowest BCUT2D eigenvalue weighted by Crippen LogP contribution is -2.12. The number of hydrogen-bond donors (Lipinski definition) is 1. The first-order chi connectivity index (χ1) is 8.52. The van der Waals surface area contributed by atoms with Crippen LogP contribution in [0.3, 0.4) is 0 Å². The first-order valence-corrected chi connectivity index (χ1v) is 6.89. The second-order valence-electron chi connectivity index (χ2n) is 4.23. The van der Waals surface area contributed by atoms with Crippen molar-refractivity contribution in [2.24, 2.45) is 0 Å². The summed E-state index contributed by atoms with van der Waals surface area (Å²) in [6, 6.07) is 6.54. The van der Waals surface area contributed by atoms with Gasteiger partial charge in [0.2, 0.25) is 0 Å². The highest BCUT2D eigenvalue weighted by Gasteiger charge is 2.10. The number of nitrogens with zero attached hydrogens (tertiary/aromatic N) is 2. The summed E-state index contributed by atoms with van der Waals surface area (Å²) in [6.07, 6.45) is 1.82. The number of hydrogen-bond acceptors (Lipinski definition) is 2. The first kappa shape index (κ1) is 13.6. The van der Waals surface area contributed by atoms with Gasteiger partial charge in [0.05, 0.1) is 16.4 Å². The highest BCUT2D eigenvalue weighted by Crippen LogP contribution is 2.26. The Kier molecular flexibility index (Phi) is 4.10. The molecule has 96 valence electrons. The molecule has 1 atom stereocenters. The minimum absolute atomic E-state index is 0.318. The molecule has 2 aromatic rings. The van der Waals surface area contributed by atoms with Crippen molar-refractivity contribution >= 4 is 27.5 Å². The monoisotopic (exact) mass is 327 g/mol. The van der Waals surface area contributed by atoms with Crippen LogP contribution in [0.15, 0.2) is 28.9 Å². The summed E-state index contributed by atoms with van der Waals surface area (Å²) in [4.78, 5) is 0. The molecule has 0 spiro atoms. The molecule has 0 aliphatic carbocycles. The molecular weight excluding hydrogens is 314 g/mol. The molecule has 0 saturated carbocycles. The van der Waals surface area contributed by atoms with E-state index in [2.05, 4.69) is 45.4 Å². The molecule has 1 aromatic heterocycles. The molecule has 0 saturated heterocycles. The van der Waals surface area contributed by atoms with Crippen LogP contribution in [0, 0.1) is 6.92 Å². The molecule has 1 aromatic carbocycles. The molecule has 1 N–H and O–H groups in total. The topological polar surface area (TPSA) is 29.9 Å². The first-order valence-electron chi connectivity index (χ1n) is 5.71. The highest BCUT2D eigenvalue weighted by molar-refractivity contribution is 9.10. The molecule has 0 fully saturated rings. The van der Waals surface area contributed by atoms with Crippen molar-refractivity contribution in [2.45, 2.75) is 19.9 Å². The molecule has 0 bridgehead atoms. The van der Waals surface area contributed by atoms with Gasteiger partial charge in [-0.2, -0.15) is 5.10 Å². The molecule has 0 aliphatic heterocycles. The van der Waals surface area contributed by atoms with Crippen LogP contribution < -0.4 is 5.32 Å². The van der Waals surface area contributed by atoms with Crippen LogP contribution in [0.1, 0.15) is 24.2 Å². The van der Waals surface area contributed by atoms with E-state index < -0.39 is 0 Å². The van der Waals surface area contributed by atoms with Gasteiger partial charge in [-0.25, -0.2) is 4.68 Å². The standard InChI is InChI=1S/C13H15BrClN3/c1-8(16-3)10-4-5-13(11(14)6-10)18-7-12(15)9(2)17-18/h4-8,16H,1-3H3. The number of halogens is 2. The second-order valence-corrected chi connectivity index (χ2v) is 5.49. The molecule has 0 aliphatic rings. The van der Waals surface area contributed by atoms with E-state index in [0.29, 0.717) is 11.1 Å². The Hall–Kier alpha value is -0.840. The maximum Gasteiger partial charge on any atom is 0.0819 e. The average Bonchev–Trinajstić information content (AvgIpc) is 2.68. The van der Waals surface area contributed by atoms with E-state index in [1.165, 1.54) is 5.56 Å². The summed E-state index contributed by atoms with van der Waals surface area (Å²) >= 11 is 9.61. The van der Waals surface area contributed by atoms with Crippen molar-refractivity contribution in [3.8, 4) is 5.69 Å². The zero-order chi connectivity index (χ0) is 13.3. The van der Waals surface area contributed by atoms with Crippen LogP contribution >= 0.6 is 27.5 Å². The van der Waals surface area contributed by atoms with Gasteiger partial charge in [-0.3, -0.25) is 0 Å². The fourth-order valence-corrected chi connectivity index (χ4v) is 2.42. The van der Waals surface area contributed by atoms with Crippen LogP contribution in [0.5, 0.6) is 0 Å². The van der Waals surface area contributed by atoms with Gasteiger partial charge in [-0.15, -0.1) is 0 Å². The minimum Gasteiger partial charge on any atom is -0.313 e. The van der Waals surface area contributed by atoms with Crippen molar-refractivity contribution in [1.29, 1.82) is 0 Å². The van der Waals surface area contributed by atoms with E-state index in [4.69, 9.17) is 11.6 Å². The zero-order valence-corrected chi connectivity index (χ0v) is 12.9. The Labute approximate surface area is 120 Å². The summed E-state index contributed by atoms with van der Waals surface area (Å²) in [6.45, 7) is 4.01. The Bertz CT molecular complexity index is 546. The van der Waals surface area contributed by atoms with Gasteiger partial charge in [-0.05, 0) is 54.5 Å². The Morgan fingerprint density at radius 3 is 2.67 bits per heavy atom. The fourth-order valence-electron chi connectivity index (χ4n) is 1.71. The molecule has 3 nitrogen and oxygen atoms in total. The second kappa shape index (κ2) is 5.43. The summed E-state index contributed by atoms with van der Waals surface area (Å²) in [5.74, 6) is 0. The van der Waals surface area contributed by atoms with Crippen molar-refractivity contribution < 1.29 is 0 Å². The maximum absolute atomic E-state index is 6.03. The summed E-state index contributed by atoms with van der Waals surface area (Å²) in [5, 5.41) is 8.27. The number of benzene rings is 1. The lowest BCUT2D eigenvalue weighted by atomic mass is 10.1. The predicted molar refractivity (Wildman–Crippen MR) is 78.5 cm³/mol. The van der Waals surface area contributed by atoms with E-state index >= 15 is 0 Å². The fraction of sp³-hybridized carbons (Fsp3) is 0.308. The van der Waals surface area contributed by atoms with Crippen LogP contribution in [-0.2, 0) is 0 Å². The van der Waals surface area contributed by atoms with Crippen molar-refractivity contribution in [2.75, 3.05) is 7.05 Å². The van der Waals surface area contributed by atoms with E-state index in [-0.39, 0.29) is 0 Å². The van der Waals surface area contributed by atoms with Gasteiger partial charge < -0.3 is 5.32 Å². The Morgan fingerprint density at radius 1 is 1.44 bits per heavy atom. The van der Waals surface area contributed by atoms with Crippen LogP contribution in [0.4, 0.5) is 0 Å². The lowest BCUT2D eigenvalue weighted by Gasteiger charge is -2.13. The average molecular weight is 329 g/mol. The van der Waals surface area contributed by atoms with Crippen molar-refractivity contribution in [3.63, 3.8) is 0 Å². The smallest absolute Gasteiger partial charge is 0.0819 e. The number of nitrogens with one attached hydrogen (secondary N) is 1. The zero-order valence-electron chi connectivity index (χ0n) is 10.5. The van der Waals surface area contributed by atoms with Crippen LogP contribution in [-0.4, -0.2) is 16.8 Å². The van der Waals surface area contributed by atoms with Crippen LogP contribution in [0.25, 0.3) is 5.69 Å². The highest BCUT2D eigenvalue weighted by atomic mass is 79.9. The molecule has 2 rings (SSSR count). The van der Waals surface area contributed by atoms with E-state index in [1.807, 2.05) is 26.2 Å². The van der Waals surface area contributed by atoms with Crippen molar-refractivity contribution in [1.82, 2.24) is 15.1 Å². The van der Waals surface area contributed by atoms with Crippen LogP contribution in [0.2, 0.25) is 5.02 Å². The Morgan fingerprint density at radius 2 is 2.17 bits per heavy atom. The normalized spacial score (nSPS) is 12.7. The number of aromatic nitrogens is 2. The predicted octanol–water partition coefficient (Wildman–Crippen LogP) is 3.88. The van der Waals surface area contributed by atoms with Crippen molar-refractivity contribution in [3.05, 3.63) is 45.1 Å². The summed E-state index contributed by atoms with van der Waals surface area (Å²) in [5.41, 5.74) is 3.04. The molecule has 0 radical (unpaired) electrons. The van der Waals surface area contributed by atoms with Gasteiger partial charge in [-0.1, -0.05) is 17.7 Å². The number of rotatable bonds is 3. The summed E-state index contributed by atoms with van der Waals surface area (Å²) in [7, 11) is 1.95. The van der Waals surface area contributed by atoms with Gasteiger partial charge in [0.25, 0.3) is 0 Å². The Balaban J connectivity index is 2.41. The maximum atomic E-state index is 6.03. The molecule has 0 amide bonds. The van der Waals surface area contributed by atoms with E-state index in [0.717, 1.165) is 15.9 Å². The van der Waals surface area contributed by atoms with E-state index in [9.17, 15) is 0 Å². The quantitative estimate of drug-likeness (QED) is 0.926. The third-order valence-corrected chi connectivity index (χ3v) is 4.00. The van der Waals surface area contributed by atoms with Gasteiger partial charge in [0.1, 0.15) is 0 Å². The van der Waals surface area contributed by atoms with E-state index in [1.54, 1.807) is 4.68 Å². The molecule has 18 heavy (non-hydrogen) atoms. The molecule has 1 heterocycles. The largest absolute Gasteiger partial charge is 0.313 e.